The molecule has 0 aliphatic carbocycles. The number of rotatable bonds is 5. The fourth-order valence-electron chi connectivity index (χ4n) is 2.23. The van der Waals surface area contributed by atoms with Crippen LogP contribution in [-0.2, 0) is 11.8 Å². The van der Waals surface area contributed by atoms with Gasteiger partial charge in [0.1, 0.15) is 11.4 Å². The van der Waals surface area contributed by atoms with Crippen LogP contribution in [0.1, 0.15) is 52.7 Å². The van der Waals surface area contributed by atoms with Gasteiger partial charge in [-0.3, -0.25) is 0 Å². The van der Waals surface area contributed by atoms with E-state index in [-0.39, 0.29) is 11.0 Å². The molecule has 2 heteroatoms. The summed E-state index contributed by atoms with van der Waals surface area (Å²) < 4.78 is 6.24. The molecule has 0 aromatic heterocycles. The molecule has 0 atom stereocenters. The zero-order valence-electron chi connectivity index (χ0n) is 13.6. The average Bonchev–Trinajstić information content (AvgIpc) is 2.27. The first-order chi connectivity index (χ1) is 8.69. The van der Waals surface area contributed by atoms with Crippen molar-refractivity contribution in [1.29, 1.82) is 0 Å². The summed E-state index contributed by atoms with van der Waals surface area (Å²) in [6, 6.07) is 6.57. The lowest BCUT2D eigenvalue weighted by molar-refractivity contribution is 0.108. The van der Waals surface area contributed by atoms with E-state index in [2.05, 4.69) is 65.1 Å². The maximum Gasteiger partial charge on any atom is 0.123 e. The van der Waals surface area contributed by atoms with Crippen molar-refractivity contribution in [2.24, 2.45) is 0 Å². The third-order valence-electron chi connectivity index (χ3n) is 3.25. The van der Waals surface area contributed by atoms with E-state index in [1.165, 1.54) is 11.1 Å². The van der Waals surface area contributed by atoms with Crippen LogP contribution in [0.15, 0.2) is 18.2 Å². The number of hydrogen-bond donors (Lipinski definition) is 1. The Labute approximate surface area is 118 Å². The number of ether oxygens (including phenoxy) is 1. The normalized spacial score (nSPS) is 12.6. The van der Waals surface area contributed by atoms with Crippen molar-refractivity contribution in [3.63, 3.8) is 0 Å². The Hall–Kier alpha value is -1.02. The Morgan fingerprint density at radius 1 is 1.11 bits per heavy atom. The lowest BCUT2D eigenvalue weighted by Gasteiger charge is -2.31. The predicted octanol–water partition coefficient (Wildman–Crippen LogP) is 3.92. The van der Waals surface area contributed by atoms with Crippen molar-refractivity contribution in [3.05, 3.63) is 29.3 Å². The first kappa shape index (κ1) is 16.0. The predicted molar refractivity (Wildman–Crippen MR) is 83.2 cm³/mol. The van der Waals surface area contributed by atoms with Gasteiger partial charge in [0.15, 0.2) is 0 Å². The maximum atomic E-state index is 6.24. The first-order valence-corrected chi connectivity index (χ1v) is 7.16. The lowest BCUT2D eigenvalue weighted by Crippen LogP contribution is -2.39. The Kier molecular flexibility index (Phi) is 5.03. The van der Waals surface area contributed by atoms with E-state index in [0.29, 0.717) is 0 Å². The largest absolute Gasteiger partial charge is 0.486 e. The van der Waals surface area contributed by atoms with E-state index < -0.39 is 0 Å². The van der Waals surface area contributed by atoms with Gasteiger partial charge in [-0.2, -0.15) is 0 Å². The second-order valence-corrected chi connectivity index (χ2v) is 6.83. The molecule has 19 heavy (non-hydrogen) atoms. The second-order valence-electron chi connectivity index (χ2n) is 6.83. The Morgan fingerprint density at radius 3 is 2.21 bits per heavy atom. The minimum Gasteiger partial charge on any atom is -0.486 e. The average molecular weight is 263 g/mol. The van der Waals surface area contributed by atoms with E-state index in [1.807, 2.05) is 7.05 Å². The van der Waals surface area contributed by atoms with Crippen LogP contribution >= 0.6 is 0 Å². The second kappa shape index (κ2) is 5.96. The van der Waals surface area contributed by atoms with E-state index in [0.717, 1.165) is 18.7 Å². The molecule has 0 radical (unpaired) electrons. The molecule has 0 saturated heterocycles. The molecule has 1 aromatic carbocycles. The van der Waals surface area contributed by atoms with Gasteiger partial charge in [0.05, 0.1) is 0 Å². The van der Waals surface area contributed by atoms with Crippen LogP contribution in [0.5, 0.6) is 5.75 Å². The molecule has 0 heterocycles. The van der Waals surface area contributed by atoms with Crippen molar-refractivity contribution in [2.45, 2.75) is 59.0 Å². The summed E-state index contributed by atoms with van der Waals surface area (Å²) in [5, 5.41) is 3.18. The van der Waals surface area contributed by atoms with E-state index in [9.17, 15) is 0 Å². The Morgan fingerprint density at radius 2 is 1.74 bits per heavy atom. The smallest absolute Gasteiger partial charge is 0.123 e. The first-order valence-electron chi connectivity index (χ1n) is 7.16. The quantitative estimate of drug-likeness (QED) is 0.869. The minimum atomic E-state index is -0.206. The molecule has 0 aliphatic heterocycles. The summed E-state index contributed by atoms with van der Waals surface area (Å²) in [6.45, 7) is 14.0. The molecule has 0 bridgehead atoms. The Bertz CT molecular complexity index is 416. The molecule has 0 fully saturated rings. The number of likely N-dealkylation sites (N-methyl/N-ethyl adjacent to an activating group) is 1. The third-order valence-corrected chi connectivity index (χ3v) is 3.25. The molecular formula is C17H29NO. The van der Waals surface area contributed by atoms with Crippen LogP contribution in [0.4, 0.5) is 0 Å². The lowest BCUT2D eigenvalue weighted by atomic mass is 9.85. The molecule has 2 nitrogen and oxygen atoms in total. The third kappa shape index (κ3) is 4.54. The van der Waals surface area contributed by atoms with Gasteiger partial charge >= 0.3 is 0 Å². The van der Waals surface area contributed by atoms with Gasteiger partial charge in [0.25, 0.3) is 0 Å². The number of nitrogens with one attached hydrogen (secondary N) is 1. The monoisotopic (exact) mass is 263 g/mol. The molecule has 1 N–H and O–H groups in total. The van der Waals surface area contributed by atoms with Gasteiger partial charge in [-0.25, -0.2) is 0 Å². The zero-order valence-corrected chi connectivity index (χ0v) is 13.6. The van der Waals surface area contributed by atoms with Crippen molar-refractivity contribution >= 4 is 0 Å². The fourth-order valence-corrected chi connectivity index (χ4v) is 2.23. The maximum absolute atomic E-state index is 6.24. The highest BCUT2D eigenvalue weighted by Gasteiger charge is 2.24. The molecule has 1 rings (SSSR count). The molecule has 108 valence electrons. The molecular weight excluding hydrogens is 234 g/mol. The molecule has 1 aromatic rings. The van der Waals surface area contributed by atoms with Gasteiger partial charge in [-0.1, -0.05) is 39.8 Å². The van der Waals surface area contributed by atoms with Crippen molar-refractivity contribution in [3.8, 4) is 5.75 Å². The van der Waals surface area contributed by atoms with Crippen molar-refractivity contribution < 1.29 is 4.74 Å². The van der Waals surface area contributed by atoms with E-state index in [1.54, 1.807) is 0 Å². The van der Waals surface area contributed by atoms with Gasteiger partial charge in [0, 0.05) is 6.54 Å². The van der Waals surface area contributed by atoms with Crippen LogP contribution in [0.3, 0.4) is 0 Å². The van der Waals surface area contributed by atoms with E-state index >= 15 is 0 Å². The molecule has 0 spiro atoms. The highest BCUT2D eigenvalue weighted by atomic mass is 16.5. The van der Waals surface area contributed by atoms with Crippen LogP contribution in [0.2, 0.25) is 0 Å². The summed E-state index contributed by atoms with van der Waals surface area (Å²) in [4.78, 5) is 0. The van der Waals surface area contributed by atoms with Gasteiger partial charge in [-0.05, 0) is 49.9 Å². The summed E-state index contributed by atoms with van der Waals surface area (Å²) in [5.74, 6) is 1.00. The zero-order chi connectivity index (χ0) is 14.7. The minimum absolute atomic E-state index is 0.0935. The van der Waals surface area contributed by atoms with Crippen LogP contribution in [0.25, 0.3) is 0 Å². The van der Waals surface area contributed by atoms with Gasteiger partial charge < -0.3 is 10.1 Å². The summed E-state index contributed by atoms with van der Waals surface area (Å²) >= 11 is 0. The van der Waals surface area contributed by atoms with Crippen LogP contribution in [0, 0.1) is 0 Å². The highest BCUT2D eigenvalue weighted by Crippen LogP contribution is 2.34. The van der Waals surface area contributed by atoms with Crippen LogP contribution in [-0.4, -0.2) is 19.2 Å². The summed E-state index contributed by atoms with van der Waals surface area (Å²) in [7, 11) is 1.95. The topological polar surface area (TPSA) is 21.3 Å². The number of benzene rings is 1. The molecule has 0 unspecified atom stereocenters. The summed E-state index contributed by atoms with van der Waals surface area (Å²) in [5.41, 5.74) is 2.54. The van der Waals surface area contributed by atoms with Gasteiger partial charge in [-0.15, -0.1) is 0 Å². The standard InChI is InChI=1S/C17H29NO/c1-8-13-9-10-15(14(11-13)16(2,3)4)19-17(5,6)12-18-7/h9-11,18H,8,12H2,1-7H3. The molecule has 0 amide bonds. The SMILES string of the molecule is CCc1ccc(OC(C)(C)CNC)c(C(C)(C)C)c1. The van der Waals surface area contributed by atoms with Gasteiger partial charge in [0.2, 0.25) is 0 Å². The molecule has 0 saturated carbocycles. The number of aryl methyl sites for hydroxylation is 1. The molecule has 0 aliphatic rings. The number of hydrogen-bond acceptors (Lipinski definition) is 2. The summed E-state index contributed by atoms with van der Waals surface area (Å²) in [6.07, 6.45) is 1.06. The van der Waals surface area contributed by atoms with Crippen molar-refractivity contribution in [1.82, 2.24) is 5.32 Å². The van der Waals surface area contributed by atoms with Crippen molar-refractivity contribution in [2.75, 3.05) is 13.6 Å². The fraction of sp³-hybridized carbons (Fsp3) is 0.647. The van der Waals surface area contributed by atoms with Crippen LogP contribution < -0.4 is 10.1 Å². The van der Waals surface area contributed by atoms with E-state index in [4.69, 9.17) is 4.74 Å². The highest BCUT2D eigenvalue weighted by molar-refractivity contribution is 5.42. The Balaban J connectivity index is 3.13.